The normalized spacial score (nSPS) is 11.2. The van der Waals surface area contributed by atoms with Crippen LogP contribution in [0.1, 0.15) is 15.9 Å². The Kier molecular flexibility index (Phi) is 6.01. The molecular formula is C17H13Cl2N3O3S2. The monoisotopic (exact) mass is 441 g/mol. The van der Waals surface area contributed by atoms with Gasteiger partial charge >= 0.3 is 0 Å². The number of sulfonamides is 1. The van der Waals surface area contributed by atoms with Crippen LogP contribution >= 0.6 is 34.5 Å². The van der Waals surface area contributed by atoms with E-state index in [1.807, 2.05) is 0 Å². The molecule has 0 saturated heterocycles. The van der Waals surface area contributed by atoms with Crippen molar-refractivity contribution in [2.24, 2.45) is 0 Å². The summed E-state index contributed by atoms with van der Waals surface area (Å²) in [5.74, 6) is -0.358. The summed E-state index contributed by atoms with van der Waals surface area (Å²) in [6.07, 6.45) is 1.50. The van der Waals surface area contributed by atoms with E-state index in [4.69, 9.17) is 23.2 Å². The second-order valence-electron chi connectivity index (χ2n) is 5.39. The first-order valence-corrected chi connectivity index (χ1v) is 10.7. The van der Waals surface area contributed by atoms with Crippen molar-refractivity contribution in [1.29, 1.82) is 0 Å². The van der Waals surface area contributed by atoms with E-state index < -0.39 is 10.0 Å². The number of halogens is 2. The molecule has 0 aliphatic carbocycles. The SMILES string of the molecule is O=C(NCc1cc(Cl)ccc1Cl)c1ccc(S(=O)(=O)Nc2nccs2)cc1. The van der Waals surface area contributed by atoms with E-state index in [9.17, 15) is 13.2 Å². The number of carbonyl (C=O) groups excluding carboxylic acids is 1. The van der Waals surface area contributed by atoms with Crippen molar-refractivity contribution in [2.75, 3.05) is 4.72 Å². The minimum atomic E-state index is -3.76. The average molecular weight is 442 g/mol. The molecule has 0 fully saturated rings. The molecule has 0 bridgehead atoms. The van der Waals surface area contributed by atoms with E-state index in [2.05, 4.69) is 15.0 Å². The molecule has 2 N–H and O–H groups in total. The van der Waals surface area contributed by atoms with Gasteiger partial charge in [0, 0.05) is 33.7 Å². The minimum absolute atomic E-state index is 0.0344. The van der Waals surface area contributed by atoms with E-state index in [-0.39, 0.29) is 22.5 Å². The molecule has 6 nitrogen and oxygen atoms in total. The molecule has 0 unspecified atom stereocenters. The highest BCUT2D eigenvalue weighted by molar-refractivity contribution is 7.93. The van der Waals surface area contributed by atoms with Crippen molar-refractivity contribution >= 4 is 55.6 Å². The zero-order chi connectivity index (χ0) is 19.4. The molecule has 140 valence electrons. The Hall–Kier alpha value is -2.13. The Morgan fingerprint density at radius 3 is 2.52 bits per heavy atom. The van der Waals surface area contributed by atoms with Gasteiger partial charge in [0.1, 0.15) is 0 Å². The van der Waals surface area contributed by atoms with E-state index in [1.165, 1.54) is 41.8 Å². The van der Waals surface area contributed by atoms with Crippen LogP contribution in [0.2, 0.25) is 10.0 Å². The molecule has 0 radical (unpaired) electrons. The van der Waals surface area contributed by atoms with Crippen molar-refractivity contribution in [1.82, 2.24) is 10.3 Å². The summed E-state index contributed by atoms with van der Waals surface area (Å²) in [4.78, 5) is 16.2. The fourth-order valence-corrected chi connectivity index (χ4v) is 4.36. The molecule has 0 aliphatic rings. The number of hydrogen-bond acceptors (Lipinski definition) is 5. The van der Waals surface area contributed by atoms with Gasteiger partial charge in [-0.1, -0.05) is 23.2 Å². The Morgan fingerprint density at radius 2 is 1.85 bits per heavy atom. The number of benzene rings is 2. The highest BCUT2D eigenvalue weighted by atomic mass is 35.5. The molecule has 10 heteroatoms. The fraction of sp³-hybridized carbons (Fsp3) is 0.0588. The van der Waals surface area contributed by atoms with Crippen LogP contribution in [-0.2, 0) is 16.6 Å². The molecule has 1 amide bonds. The van der Waals surface area contributed by atoms with Crippen LogP contribution in [0.5, 0.6) is 0 Å². The van der Waals surface area contributed by atoms with Crippen molar-refractivity contribution in [3.8, 4) is 0 Å². The lowest BCUT2D eigenvalue weighted by atomic mass is 10.2. The van der Waals surface area contributed by atoms with Crippen LogP contribution in [0.15, 0.2) is 58.9 Å². The second kappa shape index (κ2) is 8.26. The quantitative estimate of drug-likeness (QED) is 0.600. The maximum Gasteiger partial charge on any atom is 0.263 e. The van der Waals surface area contributed by atoms with Gasteiger partial charge in [0.25, 0.3) is 15.9 Å². The maximum absolute atomic E-state index is 12.3. The summed E-state index contributed by atoms with van der Waals surface area (Å²) in [5.41, 5.74) is 1.01. The highest BCUT2D eigenvalue weighted by Gasteiger charge is 2.16. The number of thiazole rings is 1. The molecular weight excluding hydrogens is 429 g/mol. The largest absolute Gasteiger partial charge is 0.348 e. The van der Waals surface area contributed by atoms with Crippen LogP contribution in [0.4, 0.5) is 5.13 Å². The predicted octanol–water partition coefficient (Wildman–Crippen LogP) is 4.18. The van der Waals surface area contributed by atoms with Gasteiger partial charge in [-0.2, -0.15) is 0 Å². The van der Waals surface area contributed by atoms with E-state index in [0.29, 0.717) is 21.2 Å². The van der Waals surface area contributed by atoms with Crippen LogP contribution in [0.25, 0.3) is 0 Å². The van der Waals surface area contributed by atoms with Gasteiger partial charge in [0.15, 0.2) is 5.13 Å². The number of nitrogens with zero attached hydrogens (tertiary/aromatic N) is 1. The smallest absolute Gasteiger partial charge is 0.263 e. The van der Waals surface area contributed by atoms with Gasteiger partial charge < -0.3 is 5.32 Å². The number of aromatic nitrogens is 1. The lowest BCUT2D eigenvalue weighted by molar-refractivity contribution is 0.0951. The third kappa shape index (κ3) is 4.98. The summed E-state index contributed by atoms with van der Waals surface area (Å²) >= 11 is 13.2. The zero-order valence-electron chi connectivity index (χ0n) is 13.6. The molecule has 0 saturated carbocycles. The van der Waals surface area contributed by atoms with Gasteiger partial charge in [-0.15, -0.1) is 11.3 Å². The second-order valence-corrected chi connectivity index (χ2v) is 8.81. The molecule has 2 aromatic carbocycles. The lowest BCUT2D eigenvalue weighted by Crippen LogP contribution is -2.23. The van der Waals surface area contributed by atoms with Crippen LogP contribution < -0.4 is 10.0 Å². The predicted molar refractivity (Wildman–Crippen MR) is 107 cm³/mol. The molecule has 0 atom stereocenters. The summed E-state index contributed by atoms with van der Waals surface area (Å²) in [6.45, 7) is 0.198. The Morgan fingerprint density at radius 1 is 1.11 bits per heavy atom. The molecule has 1 aromatic heterocycles. The first-order chi connectivity index (χ1) is 12.8. The van der Waals surface area contributed by atoms with E-state index in [1.54, 1.807) is 23.6 Å². The average Bonchev–Trinajstić information content (AvgIpc) is 3.14. The van der Waals surface area contributed by atoms with Crippen LogP contribution in [-0.4, -0.2) is 19.3 Å². The summed E-state index contributed by atoms with van der Waals surface area (Å²) in [5, 5.41) is 5.67. The molecule has 3 aromatic rings. The van der Waals surface area contributed by atoms with Gasteiger partial charge in [0.05, 0.1) is 4.90 Å². The van der Waals surface area contributed by atoms with Crippen molar-refractivity contribution < 1.29 is 13.2 Å². The molecule has 0 aliphatic heterocycles. The Balaban J connectivity index is 1.67. The number of nitrogens with one attached hydrogen (secondary N) is 2. The summed E-state index contributed by atoms with van der Waals surface area (Å²) in [6, 6.07) is 10.6. The topological polar surface area (TPSA) is 88.2 Å². The van der Waals surface area contributed by atoms with Crippen molar-refractivity contribution in [3.05, 3.63) is 75.2 Å². The first-order valence-electron chi connectivity index (χ1n) is 7.60. The standard InChI is InChI=1S/C17H13Cl2N3O3S2/c18-13-3-6-15(19)12(9-13)10-21-16(23)11-1-4-14(5-2-11)27(24,25)22-17-20-7-8-26-17/h1-9H,10H2,(H,20,22)(H,21,23). The molecule has 3 rings (SSSR count). The summed E-state index contributed by atoms with van der Waals surface area (Å²) in [7, 11) is -3.76. The molecule has 27 heavy (non-hydrogen) atoms. The third-order valence-corrected chi connectivity index (χ3v) is 6.30. The van der Waals surface area contributed by atoms with Gasteiger partial charge in [-0.3, -0.25) is 9.52 Å². The van der Waals surface area contributed by atoms with Gasteiger partial charge in [0.2, 0.25) is 0 Å². The van der Waals surface area contributed by atoms with Gasteiger partial charge in [-0.05, 0) is 48.0 Å². The fourth-order valence-electron chi connectivity index (χ4n) is 2.19. The van der Waals surface area contributed by atoms with E-state index >= 15 is 0 Å². The zero-order valence-corrected chi connectivity index (χ0v) is 16.8. The molecule has 1 heterocycles. The number of amides is 1. The van der Waals surface area contributed by atoms with Crippen molar-refractivity contribution in [2.45, 2.75) is 11.4 Å². The van der Waals surface area contributed by atoms with Crippen LogP contribution in [0.3, 0.4) is 0 Å². The number of rotatable bonds is 6. The molecule has 0 spiro atoms. The Bertz CT molecular complexity index is 1050. The third-order valence-electron chi connectivity index (χ3n) is 3.53. The van der Waals surface area contributed by atoms with Gasteiger partial charge in [-0.25, -0.2) is 13.4 Å². The van der Waals surface area contributed by atoms with Crippen molar-refractivity contribution in [3.63, 3.8) is 0 Å². The first kappa shape index (κ1) is 19.6. The summed E-state index contributed by atoms with van der Waals surface area (Å²) < 4.78 is 27.0. The Labute approximate surface area is 170 Å². The number of anilines is 1. The lowest BCUT2D eigenvalue weighted by Gasteiger charge is -2.09. The van der Waals surface area contributed by atoms with E-state index in [0.717, 1.165) is 0 Å². The minimum Gasteiger partial charge on any atom is -0.348 e. The number of hydrogen-bond donors (Lipinski definition) is 2. The maximum atomic E-state index is 12.3. The number of carbonyl (C=O) groups is 1. The van der Waals surface area contributed by atoms with Crippen LogP contribution in [0, 0.1) is 0 Å². The highest BCUT2D eigenvalue weighted by Crippen LogP contribution is 2.21.